The molecule has 0 saturated carbocycles. The van der Waals surface area contributed by atoms with Gasteiger partial charge >= 0.3 is 6.03 Å². The largest absolute Gasteiger partial charge is 0.399 e. The van der Waals surface area contributed by atoms with E-state index < -0.39 is 11.9 Å². The predicted octanol–water partition coefficient (Wildman–Crippen LogP) is 0.286. The Hall–Kier alpha value is -2.08. The summed E-state index contributed by atoms with van der Waals surface area (Å²) in [5, 5.41) is 2.04. The molecular formula is C12H18N4O2. The normalized spacial score (nSPS) is 10.3. The lowest BCUT2D eigenvalue weighted by Crippen LogP contribution is -2.42. The number of benzene rings is 1. The number of hydrogen-bond donors (Lipinski definition) is 3. The average Bonchev–Trinajstić information content (AvgIpc) is 2.30. The summed E-state index contributed by atoms with van der Waals surface area (Å²) in [5.74, 6) is -0.403. The first kappa shape index (κ1) is 14.0. The molecule has 0 aliphatic rings. The van der Waals surface area contributed by atoms with Crippen molar-refractivity contribution in [3.05, 3.63) is 29.8 Å². The first-order valence-corrected chi connectivity index (χ1v) is 5.67. The van der Waals surface area contributed by atoms with Gasteiger partial charge in [-0.05, 0) is 24.2 Å². The van der Waals surface area contributed by atoms with E-state index in [1.54, 1.807) is 0 Å². The van der Waals surface area contributed by atoms with Crippen molar-refractivity contribution in [1.82, 2.24) is 10.2 Å². The zero-order valence-corrected chi connectivity index (χ0v) is 10.3. The van der Waals surface area contributed by atoms with Gasteiger partial charge in [-0.15, -0.1) is 0 Å². The first-order valence-electron chi connectivity index (χ1n) is 5.67. The Kier molecular flexibility index (Phi) is 5.13. The lowest BCUT2D eigenvalue weighted by Gasteiger charge is -2.19. The summed E-state index contributed by atoms with van der Waals surface area (Å²) in [5.41, 5.74) is 12.2. The maximum absolute atomic E-state index is 11.4. The molecule has 0 unspecified atom stereocenters. The zero-order chi connectivity index (χ0) is 13.5. The van der Waals surface area contributed by atoms with Gasteiger partial charge in [0.15, 0.2) is 0 Å². The van der Waals surface area contributed by atoms with E-state index in [0.29, 0.717) is 18.8 Å². The maximum Gasteiger partial charge on any atom is 0.318 e. The summed E-state index contributed by atoms with van der Waals surface area (Å²) in [7, 11) is 0. The molecule has 0 aromatic heterocycles. The number of likely N-dealkylation sites (N-methyl/N-ethyl adjacent to an activating group) is 1. The number of nitrogens with one attached hydrogen (secondary N) is 1. The smallest absolute Gasteiger partial charge is 0.318 e. The van der Waals surface area contributed by atoms with Crippen LogP contribution in [-0.2, 0) is 11.3 Å². The number of nitrogens with two attached hydrogens (primary N) is 2. The molecule has 0 heterocycles. The monoisotopic (exact) mass is 250 g/mol. The fourth-order valence-corrected chi connectivity index (χ4v) is 1.54. The summed E-state index contributed by atoms with van der Waals surface area (Å²) >= 11 is 0. The summed E-state index contributed by atoms with van der Waals surface area (Å²) in [6, 6.07) is 6.61. The quantitative estimate of drug-likeness (QED) is 0.653. The number of primary amides is 1. The van der Waals surface area contributed by atoms with Crippen molar-refractivity contribution in [3.8, 4) is 0 Å². The van der Waals surface area contributed by atoms with Gasteiger partial charge in [-0.3, -0.25) is 15.0 Å². The van der Waals surface area contributed by atoms with E-state index in [2.05, 4.69) is 0 Å². The van der Waals surface area contributed by atoms with Crippen LogP contribution in [0.5, 0.6) is 0 Å². The van der Waals surface area contributed by atoms with Gasteiger partial charge in [-0.1, -0.05) is 19.1 Å². The minimum absolute atomic E-state index is 0.129. The van der Waals surface area contributed by atoms with E-state index in [1.807, 2.05) is 41.4 Å². The summed E-state index contributed by atoms with van der Waals surface area (Å²) in [4.78, 5) is 23.8. The van der Waals surface area contributed by atoms with Crippen LogP contribution in [0.15, 0.2) is 24.3 Å². The third-order valence-electron chi connectivity index (χ3n) is 2.46. The molecule has 0 fully saturated rings. The number of nitrogen functional groups attached to an aromatic ring is 1. The molecule has 98 valence electrons. The minimum Gasteiger partial charge on any atom is -0.399 e. The van der Waals surface area contributed by atoms with Crippen molar-refractivity contribution < 1.29 is 9.59 Å². The fraction of sp³-hybridized carbons (Fsp3) is 0.333. The number of carbonyl (C=O) groups excluding carboxylic acids is 2. The highest BCUT2D eigenvalue weighted by Crippen LogP contribution is 2.08. The summed E-state index contributed by atoms with van der Waals surface area (Å²) in [6.45, 7) is 3.37. The second kappa shape index (κ2) is 6.61. The Bertz CT molecular complexity index is 417. The number of hydrogen-bond acceptors (Lipinski definition) is 4. The van der Waals surface area contributed by atoms with E-state index in [0.717, 1.165) is 5.56 Å². The van der Waals surface area contributed by atoms with Crippen molar-refractivity contribution in [2.24, 2.45) is 5.73 Å². The van der Waals surface area contributed by atoms with Gasteiger partial charge in [0.25, 0.3) is 0 Å². The molecule has 3 amide bonds. The maximum atomic E-state index is 11.4. The van der Waals surface area contributed by atoms with Crippen LogP contribution in [0.1, 0.15) is 12.5 Å². The lowest BCUT2D eigenvalue weighted by atomic mass is 10.2. The van der Waals surface area contributed by atoms with E-state index in [-0.39, 0.29) is 6.54 Å². The second-order valence-corrected chi connectivity index (χ2v) is 3.96. The third kappa shape index (κ3) is 4.84. The van der Waals surface area contributed by atoms with Crippen LogP contribution < -0.4 is 16.8 Å². The predicted molar refractivity (Wildman–Crippen MR) is 69.5 cm³/mol. The summed E-state index contributed by atoms with van der Waals surface area (Å²) in [6.07, 6.45) is 0. The molecule has 0 atom stereocenters. The number of urea groups is 1. The SMILES string of the molecule is CCN(CC(=O)NC(N)=O)Cc1ccc(N)cc1. The van der Waals surface area contributed by atoms with Gasteiger partial charge in [0.2, 0.25) is 5.91 Å². The second-order valence-electron chi connectivity index (χ2n) is 3.96. The lowest BCUT2D eigenvalue weighted by molar-refractivity contribution is -0.121. The Labute approximate surface area is 106 Å². The van der Waals surface area contributed by atoms with E-state index in [9.17, 15) is 9.59 Å². The van der Waals surface area contributed by atoms with Crippen LogP contribution in [0.4, 0.5) is 10.5 Å². The Morgan fingerprint density at radius 2 is 1.89 bits per heavy atom. The molecule has 5 N–H and O–H groups in total. The van der Waals surface area contributed by atoms with E-state index >= 15 is 0 Å². The highest BCUT2D eigenvalue weighted by atomic mass is 16.2. The molecule has 6 nitrogen and oxygen atoms in total. The molecule has 0 aliphatic carbocycles. The van der Waals surface area contributed by atoms with Crippen molar-refractivity contribution >= 4 is 17.6 Å². The topological polar surface area (TPSA) is 101 Å². The Morgan fingerprint density at radius 1 is 1.28 bits per heavy atom. The summed E-state index contributed by atoms with van der Waals surface area (Å²) < 4.78 is 0. The molecular weight excluding hydrogens is 232 g/mol. The molecule has 1 rings (SSSR count). The van der Waals surface area contributed by atoms with Crippen LogP contribution in [0.3, 0.4) is 0 Å². The first-order chi connectivity index (χ1) is 8.51. The number of rotatable bonds is 5. The van der Waals surface area contributed by atoms with Crippen molar-refractivity contribution in [2.45, 2.75) is 13.5 Å². The molecule has 1 aromatic rings. The molecule has 0 radical (unpaired) electrons. The number of carbonyl (C=O) groups is 2. The average molecular weight is 250 g/mol. The third-order valence-corrected chi connectivity index (χ3v) is 2.46. The van der Waals surface area contributed by atoms with Crippen molar-refractivity contribution in [3.63, 3.8) is 0 Å². The zero-order valence-electron chi connectivity index (χ0n) is 10.3. The highest BCUT2D eigenvalue weighted by Gasteiger charge is 2.10. The van der Waals surface area contributed by atoms with Gasteiger partial charge in [0.1, 0.15) is 0 Å². The number of amides is 3. The van der Waals surface area contributed by atoms with Crippen LogP contribution in [0, 0.1) is 0 Å². The van der Waals surface area contributed by atoms with Crippen LogP contribution in [-0.4, -0.2) is 29.9 Å². The molecule has 1 aromatic carbocycles. The molecule has 0 spiro atoms. The molecule has 0 bridgehead atoms. The van der Waals surface area contributed by atoms with Gasteiger partial charge < -0.3 is 11.5 Å². The Morgan fingerprint density at radius 3 is 2.39 bits per heavy atom. The fourth-order valence-electron chi connectivity index (χ4n) is 1.54. The standard InChI is InChI=1S/C12H18N4O2/c1-2-16(8-11(17)15-12(14)18)7-9-3-5-10(13)6-4-9/h3-6H,2,7-8,13H2,1H3,(H3,14,15,17,18). The Balaban J connectivity index is 2.54. The van der Waals surface area contributed by atoms with E-state index in [1.165, 1.54) is 0 Å². The van der Waals surface area contributed by atoms with Gasteiger partial charge in [-0.25, -0.2) is 4.79 Å². The van der Waals surface area contributed by atoms with Crippen LogP contribution in [0.2, 0.25) is 0 Å². The van der Waals surface area contributed by atoms with Crippen LogP contribution in [0.25, 0.3) is 0 Å². The van der Waals surface area contributed by atoms with Gasteiger partial charge in [-0.2, -0.15) is 0 Å². The van der Waals surface area contributed by atoms with Gasteiger partial charge in [0.05, 0.1) is 6.54 Å². The number of anilines is 1. The van der Waals surface area contributed by atoms with Gasteiger partial charge in [0, 0.05) is 12.2 Å². The number of imide groups is 1. The van der Waals surface area contributed by atoms with E-state index in [4.69, 9.17) is 11.5 Å². The van der Waals surface area contributed by atoms with Crippen LogP contribution >= 0.6 is 0 Å². The van der Waals surface area contributed by atoms with Crippen molar-refractivity contribution in [2.75, 3.05) is 18.8 Å². The minimum atomic E-state index is -0.830. The highest BCUT2D eigenvalue weighted by molar-refractivity contribution is 5.94. The molecule has 6 heteroatoms. The molecule has 0 aliphatic heterocycles. The molecule has 18 heavy (non-hydrogen) atoms. The number of nitrogens with zero attached hydrogens (tertiary/aromatic N) is 1. The molecule has 0 saturated heterocycles. The van der Waals surface area contributed by atoms with Crippen molar-refractivity contribution in [1.29, 1.82) is 0 Å².